The van der Waals surface area contributed by atoms with Gasteiger partial charge in [0, 0.05) is 5.56 Å². The number of para-hydroxylation sites is 1. The Morgan fingerprint density at radius 2 is 2.00 bits per heavy atom. The minimum Gasteiger partial charge on any atom is -0.482 e. The first kappa shape index (κ1) is 14.5. The summed E-state index contributed by atoms with van der Waals surface area (Å²) in [6.45, 7) is 1.70. The zero-order chi connectivity index (χ0) is 15.4. The smallest absolute Gasteiger partial charge is 0.335 e. The minimum atomic E-state index is -1.03. The molecule has 0 heterocycles. The van der Waals surface area contributed by atoms with Gasteiger partial charge in [-0.2, -0.15) is 0 Å². The Balaban J connectivity index is 2.21. The molecule has 0 spiro atoms. The highest BCUT2D eigenvalue weighted by atomic mass is 16.6. The first-order valence-electron chi connectivity index (χ1n) is 6.18. The third kappa shape index (κ3) is 3.36. The van der Waals surface area contributed by atoms with Gasteiger partial charge in [0.25, 0.3) is 0 Å². The second-order valence-corrected chi connectivity index (χ2v) is 4.47. The van der Waals surface area contributed by atoms with Gasteiger partial charge in [-0.15, -0.1) is 0 Å². The predicted octanol–water partition coefficient (Wildman–Crippen LogP) is 3.18. The molecule has 0 saturated heterocycles. The molecule has 0 aliphatic rings. The lowest BCUT2D eigenvalue weighted by atomic mass is 10.1. The van der Waals surface area contributed by atoms with Crippen LogP contribution in [0, 0.1) is 17.0 Å². The van der Waals surface area contributed by atoms with Crippen molar-refractivity contribution in [3.05, 3.63) is 69.3 Å². The number of ether oxygens (including phenoxy) is 1. The van der Waals surface area contributed by atoms with Gasteiger partial charge in [-0.25, -0.2) is 4.79 Å². The molecule has 0 atom stereocenters. The van der Waals surface area contributed by atoms with Gasteiger partial charge >= 0.3 is 11.7 Å². The number of hydrogen-bond donors (Lipinski definition) is 1. The van der Waals surface area contributed by atoms with Crippen molar-refractivity contribution >= 4 is 11.7 Å². The molecule has 0 aliphatic heterocycles. The van der Waals surface area contributed by atoms with E-state index in [0.717, 1.165) is 0 Å². The number of benzene rings is 2. The molecule has 0 fully saturated rings. The summed E-state index contributed by atoms with van der Waals surface area (Å²) in [6.07, 6.45) is 0. The Labute approximate surface area is 120 Å². The van der Waals surface area contributed by atoms with Gasteiger partial charge in [-0.3, -0.25) is 10.1 Å². The average molecular weight is 287 g/mol. The molecular weight excluding hydrogens is 274 g/mol. The van der Waals surface area contributed by atoms with Crippen LogP contribution >= 0.6 is 0 Å². The van der Waals surface area contributed by atoms with Crippen molar-refractivity contribution in [2.75, 3.05) is 0 Å². The first-order valence-corrected chi connectivity index (χ1v) is 6.18. The number of nitro groups is 1. The monoisotopic (exact) mass is 287 g/mol. The van der Waals surface area contributed by atoms with Crippen molar-refractivity contribution in [2.45, 2.75) is 13.5 Å². The van der Waals surface area contributed by atoms with E-state index in [1.807, 2.05) is 0 Å². The second kappa shape index (κ2) is 6.04. The number of hydrogen-bond acceptors (Lipinski definition) is 4. The van der Waals surface area contributed by atoms with Crippen LogP contribution in [0.5, 0.6) is 5.75 Å². The molecule has 0 amide bonds. The molecule has 21 heavy (non-hydrogen) atoms. The van der Waals surface area contributed by atoms with Crippen LogP contribution in [0.25, 0.3) is 0 Å². The molecule has 0 aliphatic carbocycles. The fourth-order valence-corrected chi connectivity index (χ4v) is 1.94. The number of aromatic carboxylic acids is 1. The highest BCUT2D eigenvalue weighted by molar-refractivity contribution is 5.87. The standard InChI is InChI=1S/C15H13NO5/c1-10-4-2-7-13(14(10)16(19)20)21-9-11-5-3-6-12(8-11)15(17)18/h2-8H,9H2,1H3,(H,17,18). The van der Waals surface area contributed by atoms with Crippen LogP contribution < -0.4 is 4.74 Å². The van der Waals surface area contributed by atoms with Gasteiger partial charge in [0.15, 0.2) is 5.75 Å². The molecule has 108 valence electrons. The lowest BCUT2D eigenvalue weighted by Gasteiger charge is -2.08. The van der Waals surface area contributed by atoms with Crippen LogP contribution in [0.1, 0.15) is 21.5 Å². The minimum absolute atomic E-state index is 0.0609. The number of carboxylic acid groups (broad SMARTS) is 1. The van der Waals surface area contributed by atoms with Gasteiger partial charge in [0.1, 0.15) is 6.61 Å². The Morgan fingerprint density at radius 3 is 2.67 bits per heavy atom. The Bertz CT molecular complexity index is 696. The zero-order valence-electron chi connectivity index (χ0n) is 11.3. The summed E-state index contributed by atoms with van der Waals surface area (Å²) in [5.74, 6) is -0.862. The highest BCUT2D eigenvalue weighted by Gasteiger charge is 2.18. The summed E-state index contributed by atoms with van der Waals surface area (Å²) in [5, 5.41) is 20.0. The van der Waals surface area contributed by atoms with Crippen LogP contribution in [0.3, 0.4) is 0 Å². The summed E-state index contributed by atoms with van der Waals surface area (Å²) < 4.78 is 5.47. The number of nitro benzene ring substituents is 1. The van der Waals surface area contributed by atoms with Gasteiger partial charge in [-0.05, 0) is 30.7 Å². The van der Waals surface area contributed by atoms with E-state index < -0.39 is 10.9 Å². The fraction of sp³-hybridized carbons (Fsp3) is 0.133. The van der Waals surface area contributed by atoms with Crippen LogP contribution in [-0.2, 0) is 6.61 Å². The second-order valence-electron chi connectivity index (χ2n) is 4.47. The molecule has 6 heteroatoms. The third-order valence-corrected chi connectivity index (χ3v) is 2.95. The molecule has 1 N–H and O–H groups in total. The average Bonchev–Trinajstić information content (AvgIpc) is 2.45. The Hall–Kier alpha value is -2.89. The number of nitrogens with zero attached hydrogens (tertiary/aromatic N) is 1. The lowest BCUT2D eigenvalue weighted by molar-refractivity contribution is -0.386. The predicted molar refractivity (Wildman–Crippen MR) is 75.6 cm³/mol. The quantitative estimate of drug-likeness (QED) is 0.673. The molecule has 0 radical (unpaired) electrons. The summed E-state index contributed by atoms with van der Waals surface area (Å²) in [7, 11) is 0. The van der Waals surface area contributed by atoms with Crippen LogP contribution in [0.4, 0.5) is 5.69 Å². The van der Waals surface area contributed by atoms with Crippen LogP contribution in [-0.4, -0.2) is 16.0 Å². The molecule has 2 aromatic rings. The van der Waals surface area contributed by atoms with Crippen molar-refractivity contribution in [3.63, 3.8) is 0 Å². The van der Waals surface area contributed by atoms with Crippen molar-refractivity contribution < 1.29 is 19.6 Å². The largest absolute Gasteiger partial charge is 0.482 e. The molecule has 0 aromatic heterocycles. The Morgan fingerprint density at radius 1 is 1.29 bits per heavy atom. The summed E-state index contributed by atoms with van der Waals surface area (Å²) in [5.41, 5.74) is 1.21. The lowest BCUT2D eigenvalue weighted by Crippen LogP contribution is -2.02. The molecule has 2 aromatic carbocycles. The normalized spacial score (nSPS) is 10.1. The summed E-state index contributed by atoms with van der Waals surface area (Å²) in [4.78, 5) is 21.4. The molecule has 0 saturated carbocycles. The van der Waals surface area contributed by atoms with E-state index in [4.69, 9.17) is 9.84 Å². The number of carboxylic acids is 1. The number of rotatable bonds is 5. The van der Waals surface area contributed by atoms with E-state index in [0.29, 0.717) is 11.1 Å². The molecular formula is C15H13NO5. The van der Waals surface area contributed by atoms with Crippen molar-refractivity contribution in [1.29, 1.82) is 0 Å². The van der Waals surface area contributed by atoms with E-state index in [1.165, 1.54) is 18.2 Å². The van der Waals surface area contributed by atoms with Crippen molar-refractivity contribution in [3.8, 4) is 5.75 Å². The first-order chi connectivity index (χ1) is 9.99. The molecule has 2 rings (SSSR count). The van der Waals surface area contributed by atoms with E-state index in [1.54, 1.807) is 31.2 Å². The van der Waals surface area contributed by atoms with E-state index >= 15 is 0 Å². The molecule has 6 nitrogen and oxygen atoms in total. The van der Waals surface area contributed by atoms with Gasteiger partial charge in [0.2, 0.25) is 0 Å². The molecule has 0 unspecified atom stereocenters. The maximum Gasteiger partial charge on any atom is 0.335 e. The van der Waals surface area contributed by atoms with Gasteiger partial charge in [0.05, 0.1) is 10.5 Å². The van der Waals surface area contributed by atoms with Crippen LogP contribution in [0.15, 0.2) is 42.5 Å². The van der Waals surface area contributed by atoms with E-state index in [9.17, 15) is 14.9 Å². The fourth-order valence-electron chi connectivity index (χ4n) is 1.94. The maximum atomic E-state index is 11.0. The van der Waals surface area contributed by atoms with Crippen LogP contribution in [0.2, 0.25) is 0 Å². The number of aryl methyl sites for hydroxylation is 1. The van der Waals surface area contributed by atoms with Crippen molar-refractivity contribution in [2.24, 2.45) is 0 Å². The molecule has 0 bridgehead atoms. The van der Waals surface area contributed by atoms with Gasteiger partial charge in [-0.1, -0.05) is 24.3 Å². The summed E-state index contributed by atoms with van der Waals surface area (Å²) in [6, 6.07) is 11.1. The maximum absolute atomic E-state index is 11.0. The SMILES string of the molecule is Cc1cccc(OCc2cccc(C(=O)O)c2)c1[N+](=O)[O-]. The topological polar surface area (TPSA) is 89.7 Å². The van der Waals surface area contributed by atoms with Gasteiger partial charge < -0.3 is 9.84 Å². The third-order valence-electron chi connectivity index (χ3n) is 2.95. The Kier molecular flexibility index (Phi) is 4.18. The number of carbonyl (C=O) groups is 1. The summed E-state index contributed by atoms with van der Waals surface area (Å²) >= 11 is 0. The zero-order valence-corrected chi connectivity index (χ0v) is 11.3. The van der Waals surface area contributed by atoms with Crippen molar-refractivity contribution in [1.82, 2.24) is 0 Å². The van der Waals surface area contributed by atoms with E-state index in [2.05, 4.69) is 0 Å². The highest BCUT2D eigenvalue weighted by Crippen LogP contribution is 2.30. The van der Waals surface area contributed by atoms with E-state index in [-0.39, 0.29) is 23.6 Å².